The van der Waals surface area contributed by atoms with Crippen molar-refractivity contribution in [2.24, 2.45) is 0 Å². The normalized spacial score (nSPS) is 15.9. The van der Waals surface area contributed by atoms with Crippen LogP contribution in [0.5, 0.6) is 5.88 Å². The molecule has 0 saturated heterocycles. The van der Waals surface area contributed by atoms with E-state index in [0.717, 1.165) is 17.7 Å². The zero-order chi connectivity index (χ0) is 14.8. The Morgan fingerprint density at radius 2 is 2.15 bits per heavy atom. The number of aromatic nitrogens is 1. The van der Waals surface area contributed by atoms with E-state index in [2.05, 4.69) is 14.7 Å². The minimum absolute atomic E-state index is 0.00326. The SMILES string of the molecule is Cc1cc(OCC(F)(F)F)ncc1CN1CC=CN1C. The summed E-state index contributed by atoms with van der Waals surface area (Å²) < 4.78 is 40.8. The Balaban J connectivity index is 1.99. The number of ether oxygens (including phenoxy) is 1. The van der Waals surface area contributed by atoms with Crippen molar-refractivity contribution < 1.29 is 17.9 Å². The van der Waals surface area contributed by atoms with Crippen molar-refractivity contribution in [3.8, 4) is 5.88 Å². The number of hydrogen-bond donors (Lipinski definition) is 0. The van der Waals surface area contributed by atoms with E-state index in [1.807, 2.05) is 31.3 Å². The topological polar surface area (TPSA) is 28.6 Å². The van der Waals surface area contributed by atoms with Gasteiger partial charge in [0, 0.05) is 38.6 Å². The summed E-state index contributed by atoms with van der Waals surface area (Å²) in [4.78, 5) is 3.92. The Labute approximate surface area is 115 Å². The van der Waals surface area contributed by atoms with Gasteiger partial charge in [0.05, 0.1) is 0 Å². The molecule has 1 aliphatic heterocycles. The van der Waals surface area contributed by atoms with E-state index < -0.39 is 12.8 Å². The molecule has 0 fully saturated rings. The Kier molecular flexibility index (Phi) is 4.17. The van der Waals surface area contributed by atoms with Gasteiger partial charge in [0.15, 0.2) is 6.61 Å². The van der Waals surface area contributed by atoms with Crippen molar-refractivity contribution >= 4 is 0 Å². The molecule has 0 unspecified atom stereocenters. The molecule has 7 heteroatoms. The van der Waals surface area contributed by atoms with Gasteiger partial charge in [-0.1, -0.05) is 6.08 Å². The van der Waals surface area contributed by atoms with E-state index in [-0.39, 0.29) is 5.88 Å². The summed E-state index contributed by atoms with van der Waals surface area (Å²) in [6.45, 7) is 1.97. The Hall–Kier alpha value is -1.76. The Morgan fingerprint density at radius 3 is 2.70 bits per heavy atom. The summed E-state index contributed by atoms with van der Waals surface area (Å²) in [6, 6.07) is 1.53. The predicted molar refractivity (Wildman–Crippen MR) is 67.8 cm³/mol. The van der Waals surface area contributed by atoms with Crippen LogP contribution < -0.4 is 4.74 Å². The molecule has 0 aromatic carbocycles. The van der Waals surface area contributed by atoms with Gasteiger partial charge >= 0.3 is 6.18 Å². The highest BCUT2D eigenvalue weighted by molar-refractivity contribution is 5.28. The van der Waals surface area contributed by atoms with Crippen molar-refractivity contribution in [1.29, 1.82) is 0 Å². The fourth-order valence-electron chi connectivity index (χ4n) is 1.88. The van der Waals surface area contributed by atoms with Crippen LogP contribution in [0.15, 0.2) is 24.5 Å². The van der Waals surface area contributed by atoms with Gasteiger partial charge in [-0.2, -0.15) is 13.2 Å². The van der Waals surface area contributed by atoms with Crippen LogP contribution in [0.2, 0.25) is 0 Å². The average molecular weight is 287 g/mol. The maximum Gasteiger partial charge on any atom is 0.422 e. The molecule has 1 aliphatic rings. The molecule has 0 atom stereocenters. The number of hydrogen-bond acceptors (Lipinski definition) is 4. The molecule has 1 aromatic heterocycles. The number of rotatable bonds is 4. The van der Waals surface area contributed by atoms with E-state index in [1.54, 1.807) is 6.20 Å². The lowest BCUT2D eigenvalue weighted by Crippen LogP contribution is -2.31. The summed E-state index contributed by atoms with van der Waals surface area (Å²) in [7, 11) is 1.94. The number of aryl methyl sites for hydroxylation is 1. The van der Waals surface area contributed by atoms with E-state index in [0.29, 0.717) is 6.54 Å². The van der Waals surface area contributed by atoms with Crippen molar-refractivity contribution in [2.75, 3.05) is 20.2 Å². The quantitative estimate of drug-likeness (QED) is 0.851. The van der Waals surface area contributed by atoms with Gasteiger partial charge in [-0.05, 0) is 18.1 Å². The molecule has 2 rings (SSSR count). The minimum Gasteiger partial charge on any atom is -0.468 e. The first-order chi connectivity index (χ1) is 9.35. The molecule has 1 aromatic rings. The van der Waals surface area contributed by atoms with Gasteiger partial charge in [-0.3, -0.25) is 0 Å². The van der Waals surface area contributed by atoms with Gasteiger partial charge in [-0.15, -0.1) is 0 Å². The molecule has 0 bridgehead atoms. The Bertz CT molecular complexity index is 502. The molecule has 0 N–H and O–H groups in total. The standard InChI is InChI=1S/C13H16F3N3O/c1-10-6-12(20-9-13(14,15)16)17-7-11(10)8-19-5-3-4-18(19)2/h3-4,6-7H,5,8-9H2,1-2H3. The maximum absolute atomic E-state index is 12.1. The third-order valence-electron chi connectivity index (χ3n) is 3.01. The van der Waals surface area contributed by atoms with Crippen LogP contribution in [0.1, 0.15) is 11.1 Å². The number of alkyl halides is 3. The molecule has 0 saturated carbocycles. The van der Waals surface area contributed by atoms with Gasteiger partial charge < -0.3 is 9.75 Å². The largest absolute Gasteiger partial charge is 0.468 e. The molecule has 0 amide bonds. The molecule has 4 nitrogen and oxygen atoms in total. The monoisotopic (exact) mass is 287 g/mol. The van der Waals surface area contributed by atoms with Gasteiger partial charge in [0.1, 0.15) is 0 Å². The van der Waals surface area contributed by atoms with Crippen LogP contribution in [0.3, 0.4) is 0 Å². The summed E-state index contributed by atoms with van der Waals surface area (Å²) in [6.07, 6.45) is 1.21. The number of nitrogens with zero attached hydrogens (tertiary/aromatic N) is 3. The molecule has 0 radical (unpaired) electrons. The van der Waals surface area contributed by atoms with E-state index >= 15 is 0 Å². The third-order valence-corrected chi connectivity index (χ3v) is 3.01. The van der Waals surface area contributed by atoms with Crippen molar-refractivity contribution in [2.45, 2.75) is 19.6 Å². The zero-order valence-corrected chi connectivity index (χ0v) is 11.3. The highest BCUT2D eigenvalue weighted by Crippen LogP contribution is 2.20. The third kappa shape index (κ3) is 3.86. The molecule has 0 aliphatic carbocycles. The Morgan fingerprint density at radius 1 is 1.40 bits per heavy atom. The highest BCUT2D eigenvalue weighted by Gasteiger charge is 2.28. The summed E-state index contributed by atoms with van der Waals surface area (Å²) in [5.74, 6) is -0.00326. The molecular formula is C13H16F3N3O. The summed E-state index contributed by atoms with van der Waals surface area (Å²) >= 11 is 0. The second kappa shape index (κ2) is 5.70. The van der Waals surface area contributed by atoms with Crippen LogP contribution in [0, 0.1) is 6.92 Å². The lowest BCUT2D eigenvalue weighted by molar-refractivity contribution is -0.154. The summed E-state index contributed by atoms with van der Waals surface area (Å²) in [5, 5.41) is 4.05. The number of pyridine rings is 1. The van der Waals surface area contributed by atoms with Gasteiger partial charge in [0.25, 0.3) is 0 Å². The van der Waals surface area contributed by atoms with Crippen LogP contribution in [-0.4, -0.2) is 41.4 Å². The van der Waals surface area contributed by atoms with Gasteiger partial charge in [-0.25, -0.2) is 9.99 Å². The number of hydrazine groups is 1. The predicted octanol–water partition coefficient (Wildman–Crippen LogP) is 2.51. The molecule has 0 spiro atoms. The first kappa shape index (κ1) is 14.6. The lowest BCUT2D eigenvalue weighted by Gasteiger charge is -2.25. The first-order valence-electron chi connectivity index (χ1n) is 6.14. The smallest absolute Gasteiger partial charge is 0.422 e. The summed E-state index contributed by atoms with van der Waals surface area (Å²) in [5.41, 5.74) is 1.82. The second-order valence-electron chi connectivity index (χ2n) is 4.66. The molecule has 110 valence electrons. The second-order valence-corrected chi connectivity index (χ2v) is 4.66. The van der Waals surface area contributed by atoms with E-state index in [1.165, 1.54) is 6.07 Å². The average Bonchev–Trinajstić information content (AvgIpc) is 2.75. The van der Waals surface area contributed by atoms with Crippen LogP contribution in [0.4, 0.5) is 13.2 Å². The highest BCUT2D eigenvalue weighted by atomic mass is 19.4. The van der Waals surface area contributed by atoms with Crippen molar-refractivity contribution in [3.05, 3.63) is 35.7 Å². The fraction of sp³-hybridized carbons (Fsp3) is 0.462. The molecule has 20 heavy (non-hydrogen) atoms. The van der Waals surface area contributed by atoms with Crippen LogP contribution >= 0.6 is 0 Å². The minimum atomic E-state index is -4.35. The zero-order valence-electron chi connectivity index (χ0n) is 11.3. The molecule has 2 heterocycles. The fourth-order valence-corrected chi connectivity index (χ4v) is 1.88. The lowest BCUT2D eigenvalue weighted by atomic mass is 10.1. The van der Waals surface area contributed by atoms with Gasteiger partial charge in [0.2, 0.25) is 5.88 Å². The van der Waals surface area contributed by atoms with Crippen LogP contribution in [-0.2, 0) is 6.54 Å². The van der Waals surface area contributed by atoms with Crippen LogP contribution in [0.25, 0.3) is 0 Å². The van der Waals surface area contributed by atoms with Crippen molar-refractivity contribution in [1.82, 2.24) is 15.0 Å². The maximum atomic E-state index is 12.1. The first-order valence-corrected chi connectivity index (χ1v) is 6.14. The van der Waals surface area contributed by atoms with Crippen molar-refractivity contribution in [3.63, 3.8) is 0 Å². The molecular weight excluding hydrogens is 271 g/mol. The van der Waals surface area contributed by atoms with E-state index in [4.69, 9.17) is 0 Å². The number of halogens is 3. The van der Waals surface area contributed by atoms with E-state index in [9.17, 15) is 13.2 Å².